The summed E-state index contributed by atoms with van der Waals surface area (Å²) in [4.78, 5) is 19.1. The summed E-state index contributed by atoms with van der Waals surface area (Å²) in [5, 5.41) is 0. The molecule has 1 aromatic heterocycles. The maximum Gasteiger partial charge on any atom is 0.222 e. The third-order valence-corrected chi connectivity index (χ3v) is 6.14. The van der Waals surface area contributed by atoms with Crippen molar-refractivity contribution in [1.82, 2.24) is 9.88 Å². The molecule has 1 heterocycles. The van der Waals surface area contributed by atoms with Gasteiger partial charge in [0.05, 0.1) is 0 Å². The predicted octanol–water partition coefficient (Wildman–Crippen LogP) is 4.25. The Kier molecular flexibility index (Phi) is 5.07. The number of carbonyl (C=O) groups excluding carboxylic acids is 1. The molecule has 2 bridgehead atoms. The lowest BCUT2D eigenvalue weighted by atomic mass is 9.49. The van der Waals surface area contributed by atoms with E-state index in [4.69, 9.17) is 0 Å². The van der Waals surface area contributed by atoms with Crippen molar-refractivity contribution < 1.29 is 4.79 Å². The summed E-state index contributed by atoms with van der Waals surface area (Å²) in [6.45, 7) is 8.44. The summed E-state index contributed by atoms with van der Waals surface area (Å²) in [5.41, 5.74) is 2.98. The molecule has 1 fully saturated rings. The van der Waals surface area contributed by atoms with Crippen molar-refractivity contribution >= 4 is 5.91 Å². The van der Waals surface area contributed by atoms with Crippen LogP contribution in [0.25, 0.3) is 0 Å². The fourth-order valence-corrected chi connectivity index (χ4v) is 4.34. The average Bonchev–Trinajstić information content (AvgIpc) is 2.59. The molecule has 24 heavy (non-hydrogen) atoms. The molecule has 3 nitrogen and oxygen atoms in total. The Morgan fingerprint density at radius 1 is 1.38 bits per heavy atom. The number of fused-ring (bicyclic) bond motifs is 1. The van der Waals surface area contributed by atoms with E-state index in [1.807, 2.05) is 24.4 Å². The minimum atomic E-state index is 0.286. The lowest BCUT2D eigenvalue weighted by Gasteiger charge is -2.57. The van der Waals surface area contributed by atoms with Crippen molar-refractivity contribution in [2.45, 2.75) is 52.9 Å². The van der Waals surface area contributed by atoms with Crippen molar-refractivity contribution in [1.29, 1.82) is 0 Å². The van der Waals surface area contributed by atoms with Crippen LogP contribution in [0.1, 0.15) is 52.1 Å². The quantitative estimate of drug-likeness (QED) is 0.702. The number of rotatable bonds is 7. The zero-order valence-corrected chi connectivity index (χ0v) is 15.3. The second kappa shape index (κ2) is 7.08. The second-order valence-corrected chi connectivity index (χ2v) is 7.96. The smallest absolute Gasteiger partial charge is 0.222 e. The standard InChI is InChI=1S/C21H30N2O/c1-4-7-20(24)23(13-11-18-8-5-6-12-22-18)15-16-9-10-17-14-19(16)21(17,2)3/h5-6,8-9,12,17,19H,4,7,10-11,13-15H2,1-3H3. The number of pyridine rings is 1. The SMILES string of the molecule is CCCC(=O)N(CCc1ccccn1)CC1=CCC2CC1C2(C)C. The number of hydrogen-bond donors (Lipinski definition) is 0. The molecule has 3 aliphatic carbocycles. The normalized spacial score (nSPS) is 24.0. The number of aromatic nitrogens is 1. The summed E-state index contributed by atoms with van der Waals surface area (Å²) in [6, 6.07) is 5.99. The van der Waals surface area contributed by atoms with E-state index in [0.717, 1.165) is 37.5 Å². The topological polar surface area (TPSA) is 33.2 Å². The summed E-state index contributed by atoms with van der Waals surface area (Å²) in [7, 11) is 0. The number of nitrogens with zero attached hydrogens (tertiary/aromatic N) is 2. The van der Waals surface area contributed by atoms with Crippen molar-refractivity contribution in [3.63, 3.8) is 0 Å². The molecule has 1 saturated carbocycles. The highest BCUT2D eigenvalue weighted by Crippen LogP contribution is 2.59. The molecule has 0 radical (unpaired) electrons. The van der Waals surface area contributed by atoms with Crippen LogP contribution in [0, 0.1) is 17.3 Å². The molecule has 0 aromatic carbocycles. The van der Waals surface area contributed by atoms with Gasteiger partial charge in [-0.3, -0.25) is 9.78 Å². The lowest BCUT2D eigenvalue weighted by molar-refractivity contribution is -0.131. The van der Waals surface area contributed by atoms with E-state index in [0.29, 0.717) is 17.8 Å². The van der Waals surface area contributed by atoms with Crippen LogP contribution >= 0.6 is 0 Å². The van der Waals surface area contributed by atoms with Crippen LogP contribution in [0.2, 0.25) is 0 Å². The largest absolute Gasteiger partial charge is 0.338 e. The maximum absolute atomic E-state index is 12.6. The Morgan fingerprint density at radius 3 is 2.83 bits per heavy atom. The summed E-state index contributed by atoms with van der Waals surface area (Å²) in [5.74, 6) is 1.80. The minimum Gasteiger partial charge on any atom is -0.338 e. The van der Waals surface area contributed by atoms with Crippen LogP contribution in [0.3, 0.4) is 0 Å². The van der Waals surface area contributed by atoms with Gasteiger partial charge in [0.1, 0.15) is 0 Å². The monoisotopic (exact) mass is 326 g/mol. The van der Waals surface area contributed by atoms with Crippen molar-refractivity contribution in [2.75, 3.05) is 13.1 Å². The Balaban J connectivity index is 1.66. The molecule has 2 atom stereocenters. The van der Waals surface area contributed by atoms with Gasteiger partial charge in [0.15, 0.2) is 0 Å². The van der Waals surface area contributed by atoms with E-state index < -0.39 is 0 Å². The molecule has 4 rings (SSSR count). The number of hydrogen-bond acceptors (Lipinski definition) is 2. The van der Waals surface area contributed by atoms with Crippen LogP contribution in [0.4, 0.5) is 0 Å². The zero-order chi connectivity index (χ0) is 17.2. The first-order valence-corrected chi connectivity index (χ1v) is 9.39. The molecule has 2 unspecified atom stereocenters. The van der Waals surface area contributed by atoms with Gasteiger partial charge in [-0.15, -0.1) is 0 Å². The molecule has 0 saturated heterocycles. The molecule has 0 aliphatic heterocycles. The van der Waals surface area contributed by atoms with Crippen molar-refractivity contribution in [2.24, 2.45) is 17.3 Å². The molecular weight excluding hydrogens is 296 g/mol. The third kappa shape index (κ3) is 3.40. The van der Waals surface area contributed by atoms with Crippen LogP contribution in [-0.2, 0) is 11.2 Å². The van der Waals surface area contributed by atoms with E-state index in [2.05, 4.69) is 36.7 Å². The van der Waals surface area contributed by atoms with E-state index in [9.17, 15) is 4.79 Å². The molecule has 3 aliphatic rings. The van der Waals surface area contributed by atoms with Gasteiger partial charge in [-0.25, -0.2) is 0 Å². The van der Waals surface area contributed by atoms with E-state index in [-0.39, 0.29) is 5.91 Å². The highest BCUT2D eigenvalue weighted by molar-refractivity contribution is 5.76. The molecule has 130 valence electrons. The summed E-state index contributed by atoms with van der Waals surface area (Å²) < 4.78 is 0. The second-order valence-electron chi connectivity index (χ2n) is 7.96. The van der Waals surface area contributed by atoms with Gasteiger partial charge in [-0.1, -0.05) is 38.5 Å². The molecule has 1 amide bonds. The van der Waals surface area contributed by atoms with E-state index in [1.54, 1.807) is 0 Å². The maximum atomic E-state index is 12.6. The first-order valence-electron chi connectivity index (χ1n) is 9.39. The lowest BCUT2D eigenvalue weighted by Crippen LogP contribution is -2.50. The van der Waals surface area contributed by atoms with Crippen LogP contribution in [0.15, 0.2) is 36.0 Å². The van der Waals surface area contributed by atoms with Gasteiger partial charge in [0, 0.05) is 37.8 Å². The third-order valence-electron chi connectivity index (χ3n) is 6.14. The Morgan fingerprint density at radius 2 is 2.21 bits per heavy atom. The Labute approximate surface area is 146 Å². The number of allylic oxidation sites excluding steroid dienone is 1. The van der Waals surface area contributed by atoms with Gasteiger partial charge < -0.3 is 4.90 Å². The highest BCUT2D eigenvalue weighted by Gasteiger charge is 2.51. The highest BCUT2D eigenvalue weighted by atomic mass is 16.2. The molecule has 0 N–H and O–H groups in total. The van der Waals surface area contributed by atoms with Gasteiger partial charge in [-0.05, 0) is 48.6 Å². The minimum absolute atomic E-state index is 0.286. The van der Waals surface area contributed by atoms with Crippen LogP contribution in [0.5, 0.6) is 0 Å². The first-order chi connectivity index (χ1) is 11.5. The number of carbonyl (C=O) groups is 1. The number of amides is 1. The first kappa shape index (κ1) is 17.2. The molecule has 3 heteroatoms. The Hall–Kier alpha value is -1.64. The summed E-state index contributed by atoms with van der Waals surface area (Å²) >= 11 is 0. The fourth-order valence-electron chi connectivity index (χ4n) is 4.34. The molecular formula is C21H30N2O. The van der Waals surface area contributed by atoms with Gasteiger partial charge in [0.25, 0.3) is 0 Å². The fraction of sp³-hybridized carbons (Fsp3) is 0.619. The zero-order valence-electron chi connectivity index (χ0n) is 15.3. The van der Waals surface area contributed by atoms with Crippen LogP contribution in [-0.4, -0.2) is 28.9 Å². The predicted molar refractivity (Wildman–Crippen MR) is 97.5 cm³/mol. The van der Waals surface area contributed by atoms with Gasteiger partial charge >= 0.3 is 0 Å². The van der Waals surface area contributed by atoms with Gasteiger partial charge in [0.2, 0.25) is 5.91 Å². The van der Waals surface area contributed by atoms with E-state index >= 15 is 0 Å². The Bertz CT molecular complexity index is 606. The van der Waals surface area contributed by atoms with Gasteiger partial charge in [-0.2, -0.15) is 0 Å². The molecule has 1 aromatic rings. The van der Waals surface area contributed by atoms with Crippen molar-refractivity contribution in [3.8, 4) is 0 Å². The van der Waals surface area contributed by atoms with Crippen LogP contribution < -0.4 is 0 Å². The summed E-state index contributed by atoms with van der Waals surface area (Å²) in [6.07, 6.45) is 9.14. The van der Waals surface area contributed by atoms with E-state index in [1.165, 1.54) is 18.4 Å². The molecule has 0 spiro atoms. The van der Waals surface area contributed by atoms with Crippen molar-refractivity contribution in [3.05, 3.63) is 41.7 Å². The average molecular weight is 326 g/mol.